The third kappa shape index (κ3) is 2.27. The van der Waals surface area contributed by atoms with Crippen LogP contribution in [0.15, 0.2) is 11.5 Å². The number of hydrogen-bond acceptors (Lipinski definition) is 3. The molecular formula is C12H20BNO4. The minimum atomic E-state index is -0.892. The molecule has 6 heteroatoms. The van der Waals surface area contributed by atoms with Gasteiger partial charge < -0.3 is 19.3 Å². The zero-order valence-electron chi connectivity index (χ0n) is 11.4. The van der Waals surface area contributed by atoms with Crippen molar-refractivity contribution in [3.05, 3.63) is 11.5 Å². The van der Waals surface area contributed by atoms with E-state index in [1.54, 1.807) is 0 Å². The number of carbonyl (C=O) groups is 1. The number of hydrogen-bond donors (Lipinski definition) is 1. The van der Waals surface area contributed by atoms with E-state index in [4.69, 9.17) is 14.4 Å². The van der Waals surface area contributed by atoms with Crippen LogP contribution < -0.4 is 0 Å². The first-order chi connectivity index (χ1) is 8.23. The van der Waals surface area contributed by atoms with Gasteiger partial charge in [-0.2, -0.15) is 0 Å². The van der Waals surface area contributed by atoms with Crippen LogP contribution in [0.5, 0.6) is 0 Å². The second-order valence-electron chi connectivity index (χ2n) is 5.86. The molecule has 0 aliphatic carbocycles. The van der Waals surface area contributed by atoms with Crippen LogP contribution in [0.2, 0.25) is 0 Å². The highest BCUT2D eigenvalue weighted by Gasteiger charge is 2.52. The van der Waals surface area contributed by atoms with Crippen molar-refractivity contribution in [3.63, 3.8) is 0 Å². The molecule has 0 spiro atoms. The Bertz CT molecular complexity index is 376. The van der Waals surface area contributed by atoms with Crippen LogP contribution in [0.25, 0.3) is 0 Å². The molecule has 2 aliphatic rings. The van der Waals surface area contributed by atoms with E-state index in [9.17, 15) is 4.79 Å². The zero-order chi connectivity index (χ0) is 13.6. The molecule has 0 aromatic heterocycles. The first-order valence-corrected chi connectivity index (χ1v) is 6.25. The maximum absolute atomic E-state index is 11.0. The fraction of sp³-hybridized carbons (Fsp3) is 0.750. The monoisotopic (exact) mass is 253 g/mol. The fourth-order valence-electron chi connectivity index (χ4n) is 2.10. The van der Waals surface area contributed by atoms with Gasteiger partial charge in [0, 0.05) is 13.1 Å². The number of amides is 1. The third-order valence-electron chi connectivity index (χ3n) is 4.01. The van der Waals surface area contributed by atoms with Gasteiger partial charge in [-0.15, -0.1) is 0 Å². The van der Waals surface area contributed by atoms with Gasteiger partial charge in [0.15, 0.2) is 0 Å². The third-order valence-corrected chi connectivity index (χ3v) is 4.01. The molecule has 0 bridgehead atoms. The molecule has 2 rings (SSSR count). The average molecular weight is 253 g/mol. The Labute approximate surface area is 108 Å². The molecule has 100 valence electrons. The SMILES string of the molecule is CC1(C)OB(C2=CCCN(C(=O)O)C2)OC1(C)C. The number of nitrogens with zero attached hydrogens (tertiary/aromatic N) is 1. The Kier molecular flexibility index (Phi) is 3.19. The maximum Gasteiger partial charge on any atom is 0.492 e. The lowest BCUT2D eigenvalue weighted by molar-refractivity contribution is 0.00578. The Hall–Kier alpha value is -1.01. The van der Waals surface area contributed by atoms with E-state index < -0.39 is 13.2 Å². The molecule has 5 nitrogen and oxygen atoms in total. The quantitative estimate of drug-likeness (QED) is 0.725. The molecule has 0 radical (unpaired) electrons. The first kappa shape index (κ1) is 13.4. The fourth-order valence-corrected chi connectivity index (χ4v) is 2.10. The topological polar surface area (TPSA) is 59.0 Å². The molecule has 0 saturated carbocycles. The molecule has 0 aromatic rings. The number of rotatable bonds is 1. The van der Waals surface area contributed by atoms with Gasteiger partial charge in [-0.3, -0.25) is 0 Å². The summed E-state index contributed by atoms with van der Waals surface area (Å²) in [6, 6.07) is 0. The van der Waals surface area contributed by atoms with Gasteiger partial charge in [0.05, 0.1) is 11.2 Å². The summed E-state index contributed by atoms with van der Waals surface area (Å²) >= 11 is 0. The summed E-state index contributed by atoms with van der Waals surface area (Å²) in [5.74, 6) is 0. The van der Waals surface area contributed by atoms with E-state index in [0.29, 0.717) is 19.5 Å². The van der Waals surface area contributed by atoms with Gasteiger partial charge in [0.25, 0.3) is 0 Å². The van der Waals surface area contributed by atoms with Crippen LogP contribution in [0, 0.1) is 0 Å². The van der Waals surface area contributed by atoms with Crippen LogP contribution >= 0.6 is 0 Å². The van der Waals surface area contributed by atoms with Crippen LogP contribution in [-0.2, 0) is 9.31 Å². The standard InChI is InChI=1S/C12H20BNO4/c1-11(2)12(3,4)18-13(17-11)9-6-5-7-14(8-9)10(15)16/h6H,5,7-8H2,1-4H3,(H,15,16). The molecule has 2 aliphatic heterocycles. The van der Waals surface area contributed by atoms with Crippen molar-refractivity contribution < 1.29 is 19.2 Å². The predicted octanol–water partition coefficient (Wildman–Crippen LogP) is 1.93. The van der Waals surface area contributed by atoms with Gasteiger partial charge in [-0.25, -0.2) is 4.79 Å². The average Bonchev–Trinajstić information content (AvgIpc) is 2.48. The van der Waals surface area contributed by atoms with Crippen molar-refractivity contribution in [2.24, 2.45) is 0 Å². The smallest absolute Gasteiger partial charge is 0.465 e. The van der Waals surface area contributed by atoms with E-state index in [1.165, 1.54) is 4.90 Å². The summed E-state index contributed by atoms with van der Waals surface area (Å²) in [7, 11) is -0.433. The van der Waals surface area contributed by atoms with Gasteiger partial charge in [0.1, 0.15) is 0 Å². The highest BCUT2D eigenvalue weighted by molar-refractivity contribution is 6.54. The summed E-state index contributed by atoms with van der Waals surface area (Å²) in [6.07, 6.45) is 1.85. The van der Waals surface area contributed by atoms with Gasteiger partial charge in [0.2, 0.25) is 0 Å². The van der Waals surface area contributed by atoms with Gasteiger partial charge in [-0.1, -0.05) is 6.08 Å². The minimum absolute atomic E-state index is 0.367. The summed E-state index contributed by atoms with van der Waals surface area (Å²) in [4.78, 5) is 12.4. The molecule has 18 heavy (non-hydrogen) atoms. The second kappa shape index (κ2) is 4.28. The Morgan fingerprint density at radius 3 is 2.39 bits per heavy atom. The highest BCUT2D eigenvalue weighted by atomic mass is 16.7. The Morgan fingerprint density at radius 2 is 1.89 bits per heavy atom. The normalized spacial score (nSPS) is 26.1. The summed E-state index contributed by atoms with van der Waals surface area (Å²) in [6.45, 7) is 8.87. The second-order valence-corrected chi connectivity index (χ2v) is 5.86. The predicted molar refractivity (Wildman–Crippen MR) is 68.4 cm³/mol. The molecular weight excluding hydrogens is 233 g/mol. The molecule has 1 fully saturated rings. The van der Waals surface area contributed by atoms with Crippen molar-refractivity contribution in [1.82, 2.24) is 4.90 Å². The van der Waals surface area contributed by atoms with E-state index in [0.717, 1.165) is 5.47 Å². The lowest BCUT2D eigenvalue weighted by Gasteiger charge is -2.32. The lowest BCUT2D eigenvalue weighted by atomic mass is 9.76. The Balaban J connectivity index is 2.11. The molecule has 1 saturated heterocycles. The molecule has 2 heterocycles. The molecule has 0 unspecified atom stereocenters. The summed E-state index contributed by atoms with van der Waals surface area (Å²) in [5, 5.41) is 9.02. The van der Waals surface area contributed by atoms with Crippen LogP contribution in [0.4, 0.5) is 4.79 Å². The molecule has 0 atom stereocenters. The van der Waals surface area contributed by atoms with E-state index in [-0.39, 0.29) is 11.2 Å². The van der Waals surface area contributed by atoms with E-state index >= 15 is 0 Å². The molecule has 0 aromatic carbocycles. The van der Waals surface area contributed by atoms with E-state index in [1.807, 2.05) is 33.8 Å². The maximum atomic E-state index is 11.0. The Morgan fingerprint density at radius 1 is 1.33 bits per heavy atom. The highest BCUT2D eigenvalue weighted by Crippen LogP contribution is 2.39. The van der Waals surface area contributed by atoms with Crippen LogP contribution in [0.1, 0.15) is 34.1 Å². The van der Waals surface area contributed by atoms with Crippen molar-refractivity contribution in [2.75, 3.05) is 13.1 Å². The van der Waals surface area contributed by atoms with Crippen LogP contribution in [-0.4, -0.2) is 47.5 Å². The van der Waals surface area contributed by atoms with Crippen molar-refractivity contribution in [1.29, 1.82) is 0 Å². The van der Waals surface area contributed by atoms with E-state index in [2.05, 4.69) is 0 Å². The number of carboxylic acid groups (broad SMARTS) is 1. The summed E-state index contributed by atoms with van der Waals surface area (Å²) in [5.41, 5.74) is 0.135. The minimum Gasteiger partial charge on any atom is -0.465 e. The lowest BCUT2D eigenvalue weighted by Crippen LogP contribution is -2.41. The van der Waals surface area contributed by atoms with Crippen LogP contribution in [0.3, 0.4) is 0 Å². The molecule has 1 N–H and O–H groups in total. The first-order valence-electron chi connectivity index (χ1n) is 6.25. The van der Waals surface area contributed by atoms with Crippen molar-refractivity contribution >= 4 is 13.2 Å². The van der Waals surface area contributed by atoms with Crippen molar-refractivity contribution in [2.45, 2.75) is 45.3 Å². The largest absolute Gasteiger partial charge is 0.492 e. The summed E-state index contributed by atoms with van der Waals surface area (Å²) < 4.78 is 11.8. The van der Waals surface area contributed by atoms with Crippen molar-refractivity contribution in [3.8, 4) is 0 Å². The molecule has 1 amide bonds. The van der Waals surface area contributed by atoms with Gasteiger partial charge >= 0.3 is 13.2 Å². The zero-order valence-corrected chi connectivity index (χ0v) is 11.4. The van der Waals surface area contributed by atoms with Gasteiger partial charge in [-0.05, 0) is 39.6 Å².